The third-order valence-electron chi connectivity index (χ3n) is 6.63. The summed E-state index contributed by atoms with van der Waals surface area (Å²) in [6.45, 7) is 6.98. The summed E-state index contributed by atoms with van der Waals surface area (Å²) in [6.07, 6.45) is 5.93. The maximum atomic E-state index is 12.8. The number of hydrogen-bond acceptors (Lipinski definition) is 4. The second-order valence-corrected chi connectivity index (χ2v) is 9.44. The van der Waals surface area contributed by atoms with E-state index in [1.807, 2.05) is 55.9 Å². The van der Waals surface area contributed by atoms with Gasteiger partial charge in [-0.25, -0.2) is 4.68 Å². The van der Waals surface area contributed by atoms with Crippen molar-refractivity contribution in [3.8, 4) is 5.69 Å². The van der Waals surface area contributed by atoms with Gasteiger partial charge >= 0.3 is 0 Å². The number of nitrogens with zero attached hydrogens (tertiary/aromatic N) is 4. The van der Waals surface area contributed by atoms with E-state index in [2.05, 4.69) is 26.0 Å². The van der Waals surface area contributed by atoms with Gasteiger partial charge in [-0.05, 0) is 86.6 Å². The molecule has 3 aromatic rings. The first-order valence-electron chi connectivity index (χ1n) is 11.1. The Bertz CT molecular complexity index is 1060. The standard InChI is InChI=1S/C24H31BrN4O2/c1-17-21(18(2)31-26-17)11-7-8-19-12-14-28(15-13-19)16-22-23(25)24(30)29(27(22)3)20-9-5-4-6-10-20/h4-6,9-10,19H,7-8,11-16H2,1-3H3. The summed E-state index contributed by atoms with van der Waals surface area (Å²) < 4.78 is 9.67. The zero-order chi connectivity index (χ0) is 22.0. The number of piperidine rings is 1. The Morgan fingerprint density at radius 1 is 1.16 bits per heavy atom. The highest BCUT2D eigenvalue weighted by Gasteiger charge is 2.23. The van der Waals surface area contributed by atoms with Gasteiger partial charge in [-0.1, -0.05) is 29.8 Å². The molecule has 0 saturated carbocycles. The van der Waals surface area contributed by atoms with E-state index in [1.165, 1.54) is 31.2 Å². The smallest absolute Gasteiger partial charge is 0.286 e. The number of benzene rings is 1. The van der Waals surface area contributed by atoms with Crippen LogP contribution in [0.4, 0.5) is 0 Å². The van der Waals surface area contributed by atoms with Crippen molar-refractivity contribution < 1.29 is 4.52 Å². The lowest BCUT2D eigenvalue weighted by molar-refractivity contribution is 0.167. The van der Waals surface area contributed by atoms with Crippen LogP contribution >= 0.6 is 15.9 Å². The predicted octanol–water partition coefficient (Wildman–Crippen LogP) is 4.78. The fourth-order valence-electron chi connectivity index (χ4n) is 4.72. The van der Waals surface area contributed by atoms with Gasteiger partial charge < -0.3 is 4.52 Å². The highest BCUT2D eigenvalue weighted by atomic mass is 79.9. The lowest BCUT2D eigenvalue weighted by Gasteiger charge is -2.32. The molecule has 0 N–H and O–H groups in total. The first-order valence-corrected chi connectivity index (χ1v) is 11.9. The van der Waals surface area contributed by atoms with Crippen molar-refractivity contribution >= 4 is 15.9 Å². The van der Waals surface area contributed by atoms with Crippen LogP contribution in [0.15, 0.2) is 44.1 Å². The van der Waals surface area contributed by atoms with Crippen molar-refractivity contribution in [2.75, 3.05) is 13.1 Å². The van der Waals surface area contributed by atoms with E-state index in [0.717, 1.165) is 54.8 Å². The molecule has 2 aromatic heterocycles. The largest absolute Gasteiger partial charge is 0.361 e. The molecule has 1 aromatic carbocycles. The van der Waals surface area contributed by atoms with Crippen molar-refractivity contribution in [1.29, 1.82) is 0 Å². The lowest BCUT2D eigenvalue weighted by Crippen LogP contribution is -2.34. The summed E-state index contributed by atoms with van der Waals surface area (Å²) in [5, 5.41) is 4.06. The predicted molar refractivity (Wildman–Crippen MR) is 126 cm³/mol. The monoisotopic (exact) mass is 486 g/mol. The molecule has 1 aliphatic rings. The van der Waals surface area contributed by atoms with Crippen LogP contribution in [0.25, 0.3) is 5.69 Å². The van der Waals surface area contributed by atoms with Gasteiger partial charge in [-0.15, -0.1) is 0 Å². The van der Waals surface area contributed by atoms with Crippen molar-refractivity contribution in [3.63, 3.8) is 0 Å². The molecule has 0 spiro atoms. The molecule has 0 radical (unpaired) electrons. The van der Waals surface area contributed by atoms with Crippen LogP contribution < -0.4 is 5.56 Å². The number of halogens is 1. The molecular weight excluding hydrogens is 456 g/mol. The van der Waals surface area contributed by atoms with Crippen LogP contribution in [0.1, 0.15) is 48.4 Å². The second-order valence-electron chi connectivity index (χ2n) is 8.65. The quantitative estimate of drug-likeness (QED) is 0.482. The molecule has 31 heavy (non-hydrogen) atoms. The zero-order valence-electron chi connectivity index (χ0n) is 18.6. The molecule has 4 rings (SSSR count). The number of aryl methyl sites for hydroxylation is 2. The highest BCUT2D eigenvalue weighted by molar-refractivity contribution is 9.10. The van der Waals surface area contributed by atoms with Crippen LogP contribution in [0.3, 0.4) is 0 Å². The summed E-state index contributed by atoms with van der Waals surface area (Å²) in [4.78, 5) is 15.3. The minimum absolute atomic E-state index is 0.00194. The molecular formula is C24H31BrN4O2. The van der Waals surface area contributed by atoms with Crippen LogP contribution in [-0.2, 0) is 20.0 Å². The third kappa shape index (κ3) is 4.72. The number of aromatic nitrogens is 3. The molecule has 0 atom stereocenters. The van der Waals surface area contributed by atoms with Gasteiger partial charge in [0.2, 0.25) is 0 Å². The van der Waals surface area contributed by atoms with Crippen LogP contribution in [0.2, 0.25) is 0 Å². The topological polar surface area (TPSA) is 56.2 Å². The summed E-state index contributed by atoms with van der Waals surface area (Å²) in [6, 6.07) is 9.81. The van der Waals surface area contributed by atoms with Gasteiger partial charge in [0.25, 0.3) is 5.56 Å². The maximum Gasteiger partial charge on any atom is 0.286 e. The Kier molecular flexibility index (Phi) is 6.82. The number of likely N-dealkylation sites (tertiary alicyclic amines) is 1. The van der Waals surface area contributed by atoms with E-state index < -0.39 is 0 Å². The molecule has 1 saturated heterocycles. The van der Waals surface area contributed by atoms with Gasteiger partial charge in [0.05, 0.1) is 17.1 Å². The number of rotatable bonds is 7. The fraction of sp³-hybridized carbons (Fsp3) is 0.500. The number of para-hydroxylation sites is 1. The van der Waals surface area contributed by atoms with E-state index >= 15 is 0 Å². The lowest BCUT2D eigenvalue weighted by atomic mass is 9.90. The fourth-order valence-corrected chi connectivity index (χ4v) is 5.27. The van der Waals surface area contributed by atoms with Crippen LogP contribution in [0, 0.1) is 19.8 Å². The van der Waals surface area contributed by atoms with Gasteiger partial charge in [-0.3, -0.25) is 14.4 Å². The summed E-state index contributed by atoms with van der Waals surface area (Å²) in [7, 11) is 1.97. The summed E-state index contributed by atoms with van der Waals surface area (Å²) >= 11 is 3.56. The molecule has 166 valence electrons. The minimum atomic E-state index is -0.00194. The highest BCUT2D eigenvalue weighted by Crippen LogP contribution is 2.26. The first kappa shape index (κ1) is 22.1. The molecule has 3 heterocycles. The molecule has 0 unspecified atom stereocenters. The summed E-state index contributed by atoms with van der Waals surface area (Å²) in [5.41, 5.74) is 4.24. The van der Waals surface area contributed by atoms with E-state index in [4.69, 9.17) is 4.52 Å². The van der Waals surface area contributed by atoms with E-state index in [9.17, 15) is 4.79 Å². The van der Waals surface area contributed by atoms with E-state index in [1.54, 1.807) is 4.68 Å². The van der Waals surface area contributed by atoms with E-state index in [-0.39, 0.29) is 5.56 Å². The van der Waals surface area contributed by atoms with Gasteiger partial charge in [0.1, 0.15) is 10.2 Å². The summed E-state index contributed by atoms with van der Waals surface area (Å²) in [5.74, 6) is 1.74. The second kappa shape index (κ2) is 9.57. The van der Waals surface area contributed by atoms with Gasteiger partial charge in [0.15, 0.2) is 0 Å². The molecule has 6 nitrogen and oxygen atoms in total. The molecule has 7 heteroatoms. The normalized spacial score (nSPS) is 15.6. The van der Waals surface area contributed by atoms with Crippen LogP contribution in [0.5, 0.6) is 0 Å². The van der Waals surface area contributed by atoms with Gasteiger partial charge in [-0.2, -0.15) is 0 Å². The van der Waals surface area contributed by atoms with Crippen LogP contribution in [-0.4, -0.2) is 32.5 Å². The van der Waals surface area contributed by atoms with Crippen molar-refractivity contribution in [1.82, 2.24) is 19.4 Å². The Morgan fingerprint density at radius 3 is 2.52 bits per heavy atom. The molecule has 1 fully saturated rings. The molecule has 0 aliphatic carbocycles. The van der Waals surface area contributed by atoms with Crippen molar-refractivity contribution in [2.24, 2.45) is 13.0 Å². The zero-order valence-corrected chi connectivity index (χ0v) is 20.2. The molecule has 1 aliphatic heterocycles. The average molecular weight is 487 g/mol. The Balaban J connectivity index is 1.33. The first-order chi connectivity index (χ1) is 15.0. The van der Waals surface area contributed by atoms with Crippen molar-refractivity contribution in [3.05, 3.63) is 67.9 Å². The third-order valence-corrected chi connectivity index (χ3v) is 7.42. The number of hydrogen-bond donors (Lipinski definition) is 0. The Hall–Kier alpha value is -2.12. The van der Waals surface area contributed by atoms with Crippen molar-refractivity contribution in [2.45, 2.75) is 52.5 Å². The minimum Gasteiger partial charge on any atom is -0.361 e. The Labute approximate surface area is 191 Å². The Morgan fingerprint density at radius 2 is 1.87 bits per heavy atom. The molecule has 0 bridgehead atoms. The maximum absolute atomic E-state index is 12.8. The SMILES string of the molecule is Cc1noc(C)c1CCCC1CCN(Cc2c(Br)c(=O)n(-c3ccccc3)n2C)CC1. The van der Waals surface area contributed by atoms with E-state index in [0.29, 0.717) is 4.47 Å². The molecule has 0 amide bonds. The van der Waals surface area contributed by atoms with Gasteiger partial charge in [0, 0.05) is 19.2 Å². The average Bonchev–Trinajstić information content (AvgIpc) is 3.20.